The summed E-state index contributed by atoms with van der Waals surface area (Å²) >= 11 is 1.32. The highest BCUT2D eigenvalue weighted by atomic mass is 32.1. The molecule has 2 aromatic heterocycles. The van der Waals surface area contributed by atoms with Crippen LogP contribution in [-0.4, -0.2) is 57.9 Å². The minimum Gasteiger partial charge on any atom is -0.497 e. The lowest BCUT2D eigenvalue weighted by Crippen LogP contribution is -2.47. The molecule has 1 aliphatic heterocycles. The van der Waals surface area contributed by atoms with Crippen LogP contribution in [0.5, 0.6) is 11.6 Å². The number of piperazine rings is 1. The standard InChI is InChI=1S/C24H25F2N5O2S/c1-3-20-27-24-31(28-20)23(32)22(34-24)21(15-4-9-18(25)19(26)14-15)30-12-10-29(11-13-30)16-5-7-17(33-2)8-6-16/h4-9,14,21,32H,3,10-13H2,1-2H3. The number of benzene rings is 2. The molecular formula is C24H25F2N5O2S. The van der Waals surface area contributed by atoms with Crippen LogP contribution in [0.15, 0.2) is 42.5 Å². The Labute approximate surface area is 199 Å². The SMILES string of the molecule is CCc1nc2sc(C(c3ccc(F)c(F)c3)N3CCN(c4ccc(OC)cc4)CC3)c(O)n2n1. The molecule has 7 nitrogen and oxygen atoms in total. The Morgan fingerprint density at radius 1 is 1.06 bits per heavy atom. The predicted octanol–water partition coefficient (Wildman–Crippen LogP) is 4.26. The van der Waals surface area contributed by atoms with E-state index in [-0.39, 0.29) is 5.88 Å². The van der Waals surface area contributed by atoms with Gasteiger partial charge in [-0.05, 0) is 42.0 Å². The Morgan fingerprint density at radius 2 is 1.79 bits per heavy atom. The Kier molecular flexibility index (Phi) is 6.09. The van der Waals surface area contributed by atoms with Gasteiger partial charge in [0.25, 0.3) is 0 Å². The van der Waals surface area contributed by atoms with Crippen molar-refractivity contribution in [2.75, 3.05) is 38.2 Å². The van der Waals surface area contributed by atoms with Crippen LogP contribution in [0, 0.1) is 11.6 Å². The lowest BCUT2D eigenvalue weighted by Gasteiger charge is -2.40. The van der Waals surface area contributed by atoms with Crippen LogP contribution in [0.2, 0.25) is 0 Å². The topological polar surface area (TPSA) is 66.1 Å². The first-order valence-corrected chi connectivity index (χ1v) is 12.0. The number of hydrogen-bond donors (Lipinski definition) is 1. The average Bonchev–Trinajstić information content (AvgIpc) is 3.41. The third-order valence-electron chi connectivity index (χ3n) is 6.18. The summed E-state index contributed by atoms with van der Waals surface area (Å²) in [5.41, 5.74) is 1.67. The zero-order valence-electron chi connectivity index (χ0n) is 18.9. The van der Waals surface area contributed by atoms with Gasteiger partial charge in [-0.25, -0.2) is 13.8 Å². The Hall–Kier alpha value is -3.24. The summed E-state index contributed by atoms with van der Waals surface area (Å²) in [6.45, 7) is 4.78. The van der Waals surface area contributed by atoms with Crippen molar-refractivity contribution in [2.45, 2.75) is 19.4 Å². The van der Waals surface area contributed by atoms with Gasteiger partial charge in [0.15, 0.2) is 17.5 Å². The average molecular weight is 486 g/mol. The first-order chi connectivity index (χ1) is 16.5. The molecule has 0 saturated carbocycles. The summed E-state index contributed by atoms with van der Waals surface area (Å²) < 4.78 is 34.6. The van der Waals surface area contributed by atoms with Gasteiger partial charge < -0.3 is 14.7 Å². The lowest BCUT2D eigenvalue weighted by atomic mass is 10.0. The van der Waals surface area contributed by atoms with E-state index in [1.165, 1.54) is 21.9 Å². The minimum atomic E-state index is -0.911. The number of nitrogens with zero attached hydrogens (tertiary/aromatic N) is 5. The number of anilines is 1. The van der Waals surface area contributed by atoms with Gasteiger partial charge in [0.1, 0.15) is 5.75 Å². The van der Waals surface area contributed by atoms with E-state index in [1.54, 1.807) is 13.2 Å². The fraction of sp³-hybridized carbons (Fsp3) is 0.333. The third-order valence-corrected chi connectivity index (χ3v) is 7.26. The van der Waals surface area contributed by atoms with Crippen molar-refractivity contribution < 1.29 is 18.6 Å². The largest absolute Gasteiger partial charge is 0.497 e. The van der Waals surface area contributed by atoms with Crippen molar-refractivity contribution in [3.63, 3.8) is 0 Å². The van der Waals surface area contributed by atoms with E-state index in [9.17, 15) is 13.9 Å². The molecule has 3 heterocycles. The molecule has 0 radical (unpaired) electrons. The highest BCUT2D eigenvalue weighted by Gasteiger charge is 2.32. The van der Waals surface area contributed by atoms with E-state index < -0.39 is 17.7 Å². The van der Waals surface area contributed by atoms with E-state index in [4.69, 9.17) is 4.74 Å². The summed E-state index contributed by atoms with van der Waals surface area (Å²) in [5.74, 6) is -0.373. The van der Waals surface area contributed by atoms with Gasteiger partial charge >= 0.3 is 0 Å². The fourth-order valence-electron chi connectivity index (χ4n) is 4.36. The maximum atomic E-state index is 14.2. The van der Waals surface area contributed by atoms with Gasteiger partial charge in [-0.2, -0.15) is 4.52 Å². The first kappa shape index (κ1) is 22.5. The minimum absolute atomic E-state index is 0.0143. The van der Waals surface area contributed by atoms with Gasteiger partial charge in [0.2, 0.25) is 10.8 Å². The van der Waals surface area contributed by atoms with Gasteiger partial charge in [-0.3, -0.25) is 4.90 Å². The zero-order valence-corrected chi connectivity index (χ0v) is 19.7. The molecule has 10 heteroatoms. The van der Waals surface area contributed by atoms with Crippen molar-refractivity contribution >= 4 is 22.0 Å². The maximum Gasteiger partial charge on any atom is 0.230 e. The molecular weight excluding hydrogens is 460 g/mol. The van der Waals surface area contributed by atoms with E-state index in [1.807, 2.05) is 31.2 Å². The Morgan fingerprint density at radius 3 is 2.41 bits per heavy atom. The fourth-order valence-corrected chi connectivity index (χ4v) is 5.50. The quantitative estimate of drug-likeness (QED) is 0.440. The van der Waals surface area contributed by atoms with Crippen LogP contribution in [0.1, 0.15) is 29.2 Å². The van der Waals surface area contributed by atoms with Crippen molar-refractivity contribution in [2.24, 2.45) is 0 Å². The van der Waals surface area contributed by atoms with Crippen LogP contribution < -0.4 is 9.64 Å². The number of ether oxygens (including phenoxy) is 1. The summed E-state index contributed by atoms with van der Waals surface area (Å²) in [6.07, 6.45) is 0.656. The molecule has 0 spiro atoms. The number of fused-ring (bicyclic) bond motifs is 1. The summed E-state index contributed by atoms with van der Waals surface area (Å²) in [6, 6.07) is 11.4. The monoisotopic (exact) mass is 485 g/mol. The van der Waals surface area contributed by atoms with Crippen LogP contribution in [0.3, 0.4) is 0 Å². The molecule has 0 bridgehead atoms. The molecule has 1 N–H and O–H groups in total. The van der Waals surface area contributed by atoms with Crippen molar-refractivity contribution in [1.29, 1.82) is 0 Å². The molecule has 0 amide bonds. The smallest absolute Gasteiger partial charge is 0.230 e. The van der Waals surface area contributed by atoms with Crippen molar-refractivity contribution in [3.05, 3.63) is 70.4 Å². The van der Waals surface area contributed by atoms with Crippen molar-refractivity contribution in [1.82, 2.24) is 19.5 Å². The summed E-state index contributed by atoms with van der Waals surface area (Å²) in [5, 5.41) is 15.4. The number of thiazole rings is 1. The molecule has 34 heavy (non-hydrogen) atoms. The number of hydrogen-bond acceptors (Lipinski definition) is 7. The van der Waals surface area contributed by atoms with Gasteiger partial charge in [-0.1, -0.05) is 24.3 Å². The molecule has 1 unspecified atom stereocenters. The number of methoxy groups -OCH3 is 1. The predicted molar refractivity (Wildman–Crippen MR) is 127 cm³/mol. The van der Waals surface area contributed by atoms with Crippen LogP contribution in [0.4, 0.5) is 14.5 Å². The normalized spacial score (nSPS) is 15.7. The second-order valence-corrected chi connectivity index (χ2v) is 9.17. The van der Waals surface area contributed by atoms with Crippen LogP contribution in [0.25, 0.3) is 4.96 Å². The summed E-state index contributed by atoms with van der Waals surface area (Å²) in [7, 11) is 1.64. The van der Waals surface area contributed by atoms with E-state index in [0.717, 1.165) is 30.6 Å². The lowest BCUT2D eigenvalue weighted by molar-refractivity contribution is 0.210. The van der Waals surface area contributed by atoms with Gasteiger partial charge in [-0.15, -0.1) is 5.10 Å². The highest BCUT2D eigenvalue weighted by molar-refractivity contribution is 7.17. The third kappa shape index (κ3) is 4.07. The van der Waals surface area contributed by atoms with Crippen LogP contribution >= 0.6 is 11.3 Å². The first-order valence-electron chi connectivity index (χ1n) is 11.1. The maximum absolute atomic E-state index is 14.2. The number of rotatable bonds is 6. The number of halogens is 2. The molecule has 0 aliphatic carbocycles. The second-order valence-electron chi connectivity index (χ2n) is 8.16. The number of aryl methyl sites for hydroxylation is 1. The second kappa shape index (κ2) is 9.19. The van der Waals surface area contributed by atoms with Gasteiger partial charge in [0, 0.05) is 38.3 Å². The molecule has 4 aromatic rings. The Bertz CT molecular complexity index is 1300. The molecule has 1 aliphatic rings. The van der Waals surface area contributed by atoms with E-state index in [0.29, 0.717) is 40.7 Å². The van der Waals surface area contributed by atoms with Crippen LogP contribution in [-0.2, 0) is 6.42 Å². The summed E-state index contributed by atoms with van der Waals surface area (Å²) in [4.78, 5) is 10.1. The zero-order chi connectivity index (χ0) is 23.8. The van der Waals surface area contributed by atoms with Crippen molar-refractivity contribution in [3.8, 4) is 11.6 Å². The van der Waals surface area contributed by atoms with E-state index >= 15 is 0 Å². The molecule has 1 saturated heterocycles. The molecule has 2 aromatic carbocycles. The Balaban J connectivity index is 1.46. The van der Waals surface area contributed by atoms with E-state index in [2.05, 4.69) is 19.9 Å². The molecule has 178 valence electrons. The highest BCUT2D eigenvalue weighted by Crippen LogP contribution is 2.40. The number of aromatic nitrogens is 3. The molecule has 1 atom stereocenters. The molecule has 5 rings (SSSR count). The number of aromatic hydroxyl groups is 1. The van der Waals surface area contributed by atoms with Gasteiger partial charge in [0.05, 0.1) is 18.0 Å². The molecule has 1 fully saturated rings.